The number of carbonyl (C=O) groups excluding carboxylic acids is 2. The van der Waals surface area contributed by atoms with Gasteiger partial charge in [-0.3, -0.25) is 0 Å². The molecule has 0 aromatic heterocycles. The van der Waals surface area contributed by atoms with E-state index in [0.717, 1.165) is 0 Å². The highest BCUT2D eigenvalue weighted by molar-refractivity contribution is 5.97. The van der Waals surface area contributed by atoms with Crippen molar-refractivity contribution in [1.29, 1.82) is 0 Å². The number of ether oxygens (including phenoxy) is 2. The van der Waals surface area contributed by atoms with Crippen molar-refractivity contribution in [2.24, 2.45) is 0 Å². The van der Waals surface area contributed by atoms with Crippen molar-refractivity contribution in [2.45, 2.75) is 0 Å². The maximum atomic E-state index is 12.3. The third-order valence-electron chi connectivity index (χ3n) is 3.43. The quantitative estimate of drug-likeness (QED) is 0.495. The molecule has 1 N–H and O–H groups in total. The average Bonchev–Trinajstić information content (AvgIpc) is 2.54. The summed E-state index contributed by atoms with van der Waals surface area (Å²) in [6.07, 6.45) is 0. The highest BCUT2D eigenvalue weighted by Gasteiger charge is 2.19. The standard InChI is InChI=1S/C19H21NO5/c1-20(2,3)12-13-24-18(22)15-9-5-7-11-17(15)25-19(23)14-8-4-6-10-16(14)21/h4-11H,12-13H2,1-3H3/p+1. The lowest BCUT2D eigenvalue weighted by Gasteiger charge is -2.23. The lowest BCUT2D eigenvalue weighted by molar-refractivity contribution is -0.870. The molecule has 0 aliphatic carbocycles. The zero-order valence-corrected chi connectivity index (χ0v) is 14.6. The predicted molar refractivity (Wildman–Crippen MR) is 92.7 cm³/mol. The second kappa shape index (κ2) is 7.81. The summed E-state index contributed by atoms with van der Waals surface area (Å²) in [6, 6.07) is 12.4. The second-order valence-corrected chi connectivity index (χ2v) is 6.55. The van der Waals surface area contributed by atoms with Crippen molar-refractivity contribution < 1.29 is 28.7 Å². The highest BCUT2D eigenvalue weighted by atomic mass is 16.5. The normalized spacial score (nSPS) is 11.0. The number of para-hydroxylation sites is 2. The number of aromatic hydroxyl groups is 1. The Morgan fingerprint density at radius 3 is 2.16 bits per heavy atom. The van der Waals surface area contributed by atoms with E-state index in [1.54, 1.807) is 24.3 Å². The number of esters is 2. The molecule has 0 unspecified atom stereocenters. The molecule has 0 saturated heterocycles. The van der Waals surface area contributed by atoms with E-state index in [1.165, 1.54) is 24.3 Å². The lowest BCUT2D eigenvalue weighted by atomic mass is 10.2. The Balaban J connectivity index is 2.11. The zero-order chi connectivity index (χ0) is 18.4. The lowest BCUT2D eigenvalue weighted by Crippen LogP contribution is -2.38. The minimum Gasteiger partial charge on any atom is -0.507 e. The van der Waals surface area contributed by atoms with Gasteiger partial charge in [-0.05, 0) is 24.3 Å². The Kier molecular flexibility index (Phi) is 5.77. The smallest absolute Gasteiger partial charge is 0.347 e. The van der Waals surface area contributed by atoms with Gasteiger partial charge >= 0.3 is 11.9 Å². The number of nitrogens with zero attached hydrogens (tertiary/aromatic N) is 1. The van der Waals surface area contributed by atoms with E-state index in [4.69, 9.17) is 9.47 Å². The van der Waals surface area contributed by atoms with Crippen molar-refractivity contribution in [2.75, 3.05) is 34.3 Å². The van der Waals surface area contributed by atoms with Gasteiger partial charge in [0.1, 0.15) is 35.8 Å². The van der Waals surface area contributed by atoms with Gasteiger partial charge < -0.3 is 19.1 Å². The molecule has 0 saturated carbocycles. The van der Waals surface area contributed by atoms with Crippen LogP contribution >= 0.6 is 0 Å². The fourth-order valence-electron chi connectivity index (χ4n) is 2.02. The molecular formula is C19H22NO5+. The first-order chi connectivity index (χ1) is 11.8. The van der Waals surface area contributed by atoms with Gasteiger partial charge in [0.05, 0.1) is 21.1 Å². The number of phenolic OH excluding ortho intramolecular Hbond substituents is 1. The Bertz CT molecular complexity index is 764. The van der Waals surface area contributed by atoms with Crippen LogP contribution in [0.4, 0.5) is 0 Å². The van der Waals surface area contributed by atoms with Crippen molar-refractivity contribution in [3.05, 3.63) is 59.7 Å². The monoisotopic (exact) mass is 344 g/mol. The van der Waals surface area contributed by atoms with Crippen molar-refractivity contribution >= 4 is 11.9 Å². The molecule has 0 aliphatic heterocycles. The summed E-state index contributed by atoms with van der Waals surface area (Å²) in [4.78, 5) is 24.5. The van der Waals surface area contributed by atoms with Gasteiger partial charge in [0.25, 0.3) is 0 Å². The molecule has 2 aromatic carbocycles. The minimum absolute atomic E-state index is 0.0238. The van der Waals surface area contributed by atoms with Crippen LogP contribution < -0.4 is 4.74 Å². The van der Waals surface area contributed by atoms with E-state index in [0.29, 0.717) is 11.0 Å². The summed E-state index contributed by atoms with van der Waals surface area (Å²) in [7, 11) is 5.99. The molecular weight excluding hydrogens is 322 g/mol. The number of quaternary nitrogens is 1. The van der Waals surface area contributed by atoms with E-state index in [1.807, 2.05) is 21.1 Å². The van der Waals surface area contributed by atoms with Crippen LogP contribution in [0.15, 0.2) is 48.5 Å². The zero-order valence-electron chi connectivity index (χ0n) is 14.6. The Labute approximate surface area is 146 Å². The molecule has 0 bridgehead atoms. The van der Waals surface area contributed by atoms with Crippen LogP contribution in [0.3, 0.4) is 0 Å². The summed E-state index contributed by atoms with van der Waals surface area (Å²) in [5, 5.41) is 9.74. The first-order valence-corrected chi connectivity index (χ1v) is 7.85. The number of benzene rings is 2. The van der Waals surface area contributed by atoms with E-state index < -0.39 is 11.9 Å². The molecule has 6 nitrogen and oxygen atoms in total. The molecule has 132 valence electrons. The van der Waals surface area contributed by atoms with E-state index in [-0.39, 0.29) is 29.2 Å². The van der Waals surface area contributed by atoms with E-state index in [2.05, 4.69) is 0 Å². The van der Waals surface area contributed by atoms with Crippen LogP contribution in [-0.4, -0.2) is 55.8 Å². The number of phenols is 1. The number of rotatable bonds is 6. The molecule has 0 radical (unpaired) electrons. The third-order valence-corrected chi connectivity index (χ3v) is 3.43. The maximum Gasteiger partial charge on any atom is 0.347 e. The first kappa shape index (κ1) is 18.5. The largest absolute Gasteiger partial charge is 0.507 e. The summed E-state index contributed by atoms with van der Waals surface area (Å²) in [6.45, 7) is 0.912. The van der Waals surface area contributed by atoms with Crippen molar-refractivity contribution in [3.63, 3.8) is 0 Å². The van der Waals surface area contributed by atoms with Crippen LogP contribution in [0.1, 0.15) is 20.7 Å². The molecule has 25 heavy (non-hydrogen) atoms. The van der Waals surface area contributed by atoms with Gasteiger partial charge in [-0.15, -0.1) is 0 Å². The second-order valence-electron chi connectivity index (χ2n) is 6.55. The molecule has 0 atom stereocenters. The Morgan fingerprint density at radius 2 is 1.52 bits per heavy atom. The van der Waals surface area contributed by atoms with Crippen LogP contribution in [0.25, 0.3) is 0 Å². The number of hydrogen-bond acceptors (Lipinski definition) is 5. The minimum atomic E-state index is -0.746. The maximum absolute atomic E-state index is 12.3. The summed E-state index contributed by atoms with van der Waals surface area (Å²) in [5.41, 5.74) is 0.184. The van der Waals surface area contributed by atoms with E-state index in [9.17, 15) is 14.7 Å². The summed E-state index contributed by atoms with van der Waals surface area (Å²) >= 11 is 0. The van der Waals surface area contributed by atoms with Gasteiger partial charge in [0.2, 0.25) is 0 Å². The molecule has 0 spiro atoms. The van der Waals surface area contributed by atoms with Crippen molar-refractivity contribution in [3.8, 4) is 11.5 Å². The van der Waals surface area contributed by atoms with Crippen LogP contribution in [0, 0.1) is 0 Å². The molecule has 0 aliphatic rings. The highest BCUT2D eigenvalue weighted by Crippen LogP contribution is 2.23. The van der Waals surface area contributed by atoms with Crippen LogP contribution in [-0.2, 0) is 4.74 Å². The summed E-state index contributed by atoms with van der Waals surface area (Å²) < 4.78 is 11.2. The fourth-order valence-corrected chi connectivity index (χ4v) is 2.02. The number of carbonyl (C=O) groups is 2. The predicted octanol–water partition coefficient (Wildman–Crippen LogP) is 2.47. The molecule has 2 rings (SSSR count). The molecule has 6 heteroatoms. The Morgan fingerprint density at radius 1 is 0.920 bits per heavy atom. The van der Waals surface area contributed by atoms with Crippen molar-refractivity contribution in [1.82, 2.24) is 0 Å². The van der Waals surface area contributed by atoms with Crippen LogP contribution in [0.2, 0.25) is 0 Å². The Hall–Kier alpha value is -2.86. The average molecular weight is 344 g/mol. The molecule has 2 aromatic rings. The topological polar surface area (TPSA) is 72.8 Å². The first-order valence-electron chi connectivity index (χ1n) is 7.85. The van der Waals surface area contributed by atoms with Gasteiger partial charge in [0, 0.05) is 0 Å². The SMILES string of the molecule is C[N+](C)(C)CCOC(=O)c1ccccc1OC(=O)c1ccccc1O. The van der Waals surface area contributed by atoms with Gasteiger partial charge in [-0.25, -0.2) is 9.59 Å². The molecule has 0 amide bonds. The fraction of sp³-hybridized carbons (Fsp3) is 0.263. The number of likely N-dealkylation sites (N-methyl/N-ethyl adjacent to an activating group) is 1. The number of hydrogen-bond donors (Lipinski definition) is 1. The van der Waals surface area contributed by atoms with E-state index >= 15 is 0 Å². The molecule has 0 heterocycles. The molecule has 0 fully saturated rings. The summed E-state index contributed by atoms with van der Waals surface area (Å²) in [5.74, 6) is -1.40. The van der Waals surface area contributed by atoms with Gasteiger partial charge in [-0.1, -0.05) is 24.3 Å². The van der Waals surface area contributed by atoms with Gasteiger partial charge in [-0.2, -0.15) is 0 Å². The van der Waals surface area contributed by atoms with Gasteiger partial charge in [0.15, 0.2) is 0 Å². The van der Waals surface area contributed by atoms with Crippen LogP contribution in [0.5, 0.6) is 11.5 Å². The third kappa shape index (κ3) is 5.32.